The fourth-order valence-electron chi connectivity index (χ4n) is 10.5. The predicted octanol–water partition coefficient (Wildman–Crippen LogP) is 7.78. The van der Waals surface area contributed by atoms with Gasteiger partial charge in [-0.15, -0.1) is 0 Å². The lowest BCUT2D eigenvalue weighted by molar-refractivity contribution is -0.0597. The molecule has 2 aliphatic heterocycles. The fourth-order valence-corrected chi connectivity index (χ4v) is 10.5. The van der Waals surface area contributed by atoms with Crippen LogP contribution in [0, 0.1) is 28.6 Å². The molecule has 4 bridgehead atoms. The molecule has 0 aromatic heterocycles. The first kappa shape index (κ1) is 31.6. The lowest BCUT2D eigenvalue weighted by atomic mass is 9.49. The Hall–Kier alpha value is -3.02. The Morgan fingerprint density at radius 2 is 1.46 bits per heavy atom. The number of rotatable bonds is 15. The highest BCUT2D eigenvalue weighted by atomic mass is 15.4. The molecule has 3 N–H and O–H groups in total. The van der Waals surface area contributed by atoms with Crippen LogP contribution in [0.2, 0.25) is 0 Å². The predicted molar refractivity (Wildman–Crippen MR) is 191 cm³/mol. The first-order valence-electron chi connectivity index (χ1n) is 18.8. The second-order valence-electron chi connectivity index (χ2n) is 15.8. The molecule has 1 saturated heterocycles. The van der Waals surface area contributed by atoms with Crippen molar-refractivity contribution in [3.63, 3.8) is 0 Å². The second-order valence-corrected chi connectivity index (χ2v) is 15.8. The molecular formula is C40H58N6. The van der Waals surface area contributed by atoms with Crippen molar-refractivity contribution < 1.29 is 0 Å². The highest BCUT2D eigenvalue weighted by molar-refractivity contribution is 5.80. The first-order chi connectivity index (χ1) is 22.5. The van der Waals surface area contributed by atoms with Crippen LogP contribution in [0.4, 0.5) is 0 Å². The van der Waals surface area contributed by atoms with E-state index < -0.39 is 0 Å². The fraction of sp³-hybridized carbons (Fsp3) is 0.650. The molecule has 2 heterocycles. The van der Waals surface area contributed by atoms with Crippen LogP contribution in [0.3, 0.4) is 0 Å². The smallest absolute Gasteiger partial charge is 0.194 e. The molecule has 248 valence electrons. The van der Waals surface area contributed by atoms with Crippen molar-refractivity contribution in [2.75, 3.05) is 32.7 Å². The molecule has 0 radical (unpaired) electrons. The zero-order valence-electron chi connectivity index (χ0n) is 28.4. The number of aliphatic imine (C=N–C) groups is 1. The molecule has 2 aromatic carbocycles. The lowest BCUT2D eigenvalue weighted by Crippen LogP contribution is -2.49. The molecule has 6 nitrogen and oxygen atoms in total. The quantitative estimate of drug-likeness (QED) is 0.199. The van der Waals surface area contributed by atoms with E-state index in [2.05, 4.69) is 76.2 Å². The van der Waals surface area contributed by atoms with E-state index in [0.29, 0.717) is 17.5 Å². The standard InChI is InChI=1S/C40H58N6/c1-2-3-11-37-29-44(39(42)46(37)20-17-30-13-15-35(16-14-30)34-9-5-4-6-10-34)19-8-7-12-36-28-43-38(41)45(36)21-18-40-25-31-22-32(26-40)24-33(23-31)27-40/h4-6,9-10,13-16,31-33,36-37,42H,2-3,7-8,11-12,17-29H2,1H3,(H2,41,43)/t31?,32?,33?,36-,37-,40?/m0/s1. The highest BCUT2D eigenvalue weighted by Gasteiger charge is 2.50. The Bertz CT molecular complexity index is 1300. The van der Waals surface area contributed by atoms with Crippen molar-refractivity contribution in [2.45, 2.75) is 109 Å². The maximum absolute atomic E-state index is 9.14. The van der Waals surface area contributed by atoms with Crippen LogP contribution in [0.1, 0.15) is 96.0 Å². The Labute approximate surface area is 278 Å². The summed E-state index contributed by atoms with van der Waals surface area (Å²) in [7, 11) is 0. The molecule has 5 fully saturated rings. The Morgan fingerprint density at radius 3 is 2.15 bits per heavy atom. The van der Waals surface area contributed by atoms with Crippen LogP contribution >= 0.6 is 0 Å². The van der Waals surface area contributed by atoms with Gasteiger partial charge >= 0.3 is 0 Å². The third-order valence-corrected chi connectivity index (χ3v) is 12.5. The summed E-state index contributed by atoms with van der Waals surface area (Å²) in [6, 6.07) is 20.6. The monoisotopic (exact) mass is 622 g/mol. The molecule has 8 rings (SSSR count). The van der Waals surface area contributed by atoms with Gasteiger partial charge in [0, 0.05) is 32.2 Å². The van der Waals surface area contributed by atoms with E-state index in [4.69, 9.17) is 16.1 Å². The van der Waals surface area contributed by atoms with Gasteiger partial charge in [-0.1, -0.05) is 74.4 Å². The number of hydrogen-bond acceptors (Lipinski definition) is 4. The molecule has 4 aliphatic carbocycles. The van der Waals surface area contributed by atoms with Gasteiger partial charge in [0.05, 0.1) is 12.6 Å². The Balaban J connectivity index is 0.876. The third kappa shape index (κ3) is 6.96. The first-order valence-corrected chi connectivity index (χ1v) is 18.8. The van der Waals surface area contributed by atoms with Gasteiger partial charge in [-0.05, 0) is 117 Å². The van der Waals surface area contributed by atoms with Gasteiger partial charge in [-0.3, -0.25) is 10.4 Å². The molecule has 0 spiro atoms. The number of unbranched alkanes of at least 4 members (excludes halogenated alkanes) is 2. The number of hydrogen-bond donors (Lipinski definition) is 2. The van der Waals surface area contributed by atoms with Crippen molar-refractivity contribution in [1.82, 2.24) is 14.7 Å². The minimum Gasteiger partial charge on any atom is -0.370 e. The maximum Gasteiger partial charge on any atom is 0.194 e. The van der Waals surface area contributed by atoms with Gasteiger partial charge in [0.25, 0.3) is 0 Å². The van der Waals surface area contributed by atoms with E-state index in [-0.39, 0.29) is 0 Å². The lowest BCUT2D eigenvalue weighted by Gasteiger charge is -2.57. The van der Waals surface area contributed by atoms with Crippen molar-refractivity contribution in [3.8, 4) is 11.1 Å². The number of nitrogens with one attached hydrogen (secondary N) is 1. The Kier molecular flexibility index (Phi) is 9.60. The van der Waals surface area contributed by atoms with Crippen molar-refractivity contribution >= 4 is 11.9 Å². The van der Waals surface area contributed by atoms with Gasteiger partial charge in [0.15, 0.2) is 11.9 Å². The van der Waals surface area contributed by atoms with Gasteiger partial charge < -0.3 is 20.4 Å². The van der Waals surface area contributed by atoms with E-state index in [1.807, 2.05) is 0 Å². The zero-order chi connectivity index (χ0) is 31.5. The summed E-state index contributed by atoms with van der Waals surface area (Å²) in [6.45, 7) is 7.16. The minimum absolute atomic E-state index is 0.458. The summed E-state index contributed by atoms with van der Waals surface area (Å²) in [5.41, 5.74) is 11.0. The molecular weight excluding hydrogens is 564 g/mol. The number of guanidine groups is 2. The van der Waals surface area contributed by atoms with Crippen LogP contribution in [-0.4, -0.2) is 71.4 Å². The molecule has 6 heteroatoms. The molecule has 4 saturated carbocycles. The average Bonchev–Trinajstić information content (AvgIpc) is 3.57. The molecule has 46 heavy (non-hydrogen) atoms. The van der Waals surface area contributed by atoms with E-state index >= 15 is 0 Å². The van der Waals surface area contributed by atoms with Crippen molar-refractivity contribution in [3.05, 3.63) is 60.2 Å². The van der Waals surface area contributed by atoms with Crippen LogP contribution < -0.4 is 5.73 Å². The maximum atomic E-state index is 9.14. The van der Waals surface area contributed by atoms with Crippen molar-refractivity contribution in [2.24, 2.45) is 33.9 Å². The summed E-state index contributed by atoms with van der Waals surface area (Å²) in [4.78, 5) is 12.0. The number of benzene rings is 2. The highest BCUT2D eigenvalue weighted by Crippen LogP contribution is 2.61. The van der Waals surface area contributed by atoms with Crippen LogP contribution in [0.25, 0.3) is 11.1 Å². The normalized spacial score (nSPS) is 30.1. The topological polar surface area (TPSA) is 72.0 Å². The molecule has 6 aliphatic rings. The zero-order valence-corrected chi connectivity index (χ0v) is 28.4. The van der Waals surface area contributed by atoms with Gasteiger partial charge in [-0.25, -0.2) is 0 Å². The summed E-state index contributed by atoms with van der Waals surface area (Å²) >= 11 is 0. The van der Waals surface area contributed by atoms with Gasteiger partial charge in [0.2, 0.25) is 0 Å². The number of nitrogens with zero attached hydrogens (tertiary/aromatic N) is 4. The minimum atomic E-state index is 0.458. The summed E-state index contributed by atoms with van der Waals surface area (Å²) in [5, 5.41) is 9.14. The van der Waals surface area contributed by atoms with Gasteiger partial charge in [-0.2, -0.15) is 0 Å². The van der Waals surface area contributed by atoms with E-state index in [1.165, 1.54) is 87.3 Å². The average molecular weight is 623 g/mol. The third-order valence-electron chi connectivity index (χ3n) is 12.5. The van der Waals surface area contributed by atoms with Crippen molar-refractivity contribution in [1.29, 1.82) is 5.41 Å². The van der Waals surface area contributed by atoms with Gasteiger partial charge in [0.1, 0.15) is 0 Å². The largest absolute Gasteiger partial charge is 0.370 e. The van der Waals surface area contributed by atoms with Crippen LogP contribution in [0.5, 0.6) is 0 Å². The van der Waals surface area contributed by atoms with E-state index in [9.17, 15) is 0 Å². The summed E-state index contributed by atoms with van der Waals surface area (Å²) < 4.78 is 0. The molecule has 0 amide bonds. The van der Waals surface area contributed by atoms with E-state index in [0.717, 1.165) is 81.7 Å². The second kappa shape index (κ2) is 14.0. The van der Waals surface area contributed by atoms with E-state index in [1.54, 1.807) is 0 Å². The Morgan fingerprint density at radius 1 is 0.783 bits per heavy atom. The molecule has 2 aromatic rings. The SMILES string of the molecule is CCCC[C@H]1CN(CCCC[C@H]2CN=C(N)N2CCC23CC4CC(CC(C4)C2)C3)C(=N)N1CCc1ccc(-c2ccccc2)cc1. The number of nitrogens with two attached hydrogens (primary N) is 1. The molecule has 0 unspecified atom stereocenters. The van der Waals surface area contributed by atoms with Crippen LogP contribution in [0.15, 0.2) is 59.6 Å². The summed E-state index contributed by atoms with van der Waals surface area (Å²) in [5.74, 6) is 4.58. The van der Waals surface area contributed by atoms with Crippen LogP contribution in [-0.2, 0) is 6.42 Å². The summed E-state index contributed by atoms with van der Waals surface area (Å²) in [6.07, 6.45) is 18.4. The molecule has 2 atom stereocenters.